The number of hydrogen-bond donors (Lipinski definition) is 0. The summed E-state index contributed by atoms with van der Waals surface area (Å²) >= 11 is 0. The van der Waals surface area contributed by atoms with Crippen LogP contribution in [0.15, 0.2) is 58.1 Å². The number of rotatable bonds is 4. The predicted octanol–water partition coefficient (Wildman–Crippen LogP) is 3.39. The lowest BCUT2D eigenvalue weighted by Gasteiger charge is -2.23. The Morgan fingerprint density at radius 3 is 2.87 bits per heavy atom. The van der Waals surface area contributed by atoms with Crippen molar-refractivity contribution in [2.45, 2.75) is 25.4 Å². The van der Waals surface area contributed by atoms with E-state index in [9.17, 15) is 9.18 Å². The maximum Gasteiger partial charge on any atom is 0.298 e. The van der Waals surface area contributed by atoms with Gasteiger partial charge in [0.05, 0.1) is 5.71 Å². The molecule has 1 fully saturated rings. The molecule has 5 rings (SSSR count). The van der Waals surface area contributed by atoms with Crippen LogP contribution in [0.1, 0.15) is 18.4 Å². The highest BCUT2D eigenvalue weighted by Gasteiger charge is 2.33. The molecule has 8 heteroatoms. The molecular formula is C23H23FN4O3. The van der Waals surface area contributed by atoms with Gasteiger partial charge in [-0.05, 0) is 36.2 Å². The molecule has 2 aromatic carbocycles. The Labute approximate surface area is 179 Å². The van der Waals surface area contributed by atoms with Gasteiger partial charge >= 0.3 is 0 Å². The van der Waals surface area contributed by atoms with Crippen LogP contribution >= 0.6 is 0 Å². The minimum Gasteiger partial charge on any atom is -0.423 e. The lowest BCUT2D eigenvalue weighted by atomic mass is 10.0. The minimum absolute atomic E-state index is 0.0580. The molecule has 0 aliphatic carbocycles. The SMILES string of the molecule is O=C(C1CC(Cc2cccc(F)c2)=NO1)N1CCCN(c2nc3ccccc3o2)CC1. The number of aromatic nitrogens is 1. The van der Waals surface area contributed by atoms with E-state index < -0.39 is 6.10 Å². The maximum absolute atomic E-state index is 13.4. The number of amides is 1. The predicted molar refractivity (Wildman–Crippen MR) is 114 cm³/mol. The minimum atomic E-state index is -0.612. The molecule has 2 aliphatic rings. The van der Waals surface area contributed by atoms with E-state index in [1.807, 2.05) is 35.2 Å². The van der Waals surface area contributed by atoms with Crippen molar-refractivity contribution in [1.82, 2.24) is 9.88 Å². The molecule has 1 aromatic heterocycles. The average Bonchev–Trinajstić information content (AvgIpc) is 3.34. The fourth-order valence-corrected chi connectivity index (χ4v) is 4.07. The molecule has 0 bridgehead atoms. The second kappa shape index (κ2) is 8.37. The van der Waals surface area contributed by atoms with E-state index in [1.54, 1.807) is 6.07 Å². The highest BCUT2D eigenvalue weighted by molar-refractivity contribution is 5.94. The zero-order valence-corrected chi connectivity index (χ0v) is 17.0. The van der Waals surface area contributed by atoms with Gasteiger partial charge in [-0.25, -0.2) is 4.39 Å². The molecule has 0 spiro atoms. The molecule has 7 nitrogen and oxygen atoms in total. The molecule has 160 valence electrons. The Kier molecular flexibility index (Phi) is 5.28. The van der Waals surface area contributed by atoms with Gasteiger partial charge in [-0.3, -0.25) is 4.79 Å². The van der Waals surface area contributed by atoms with Crippen molar-refractivity contribution in [2.24, 2.45) is 5.16 Å². The number of fused-ring (bicyclic) bond motifs is 1. The first-order valence-corrected chi connectivity index (χ1v) is 10.5. The Hall–Kier alpha value is -3.42. The molecule has 3 heterocycles. The molecule has 0 saturated carbocycles. The molecule has 0 radical (unpaired) electrons. The second-order valence-electron chi connectivity index (χ2n) is 7.89. The molecule has 1 atom stereocenters. The van der Waals surface area contributed by atoms with Gasteiger partial charge in [-0.1, -0.05) is 29.4 Å². The Balaban J connectivity index is 1.18. The van der Waals surface area contributed by atoms with E-state index in [0.717, 1.165) is 35.3 Å². The lowest BCUT2D eigenvalue weighted by Crippen LogP contribution is -2.41. The largest absolute Gasteiger partial charge is 0.423 e. The Bertz CT molecular complexity index is 1100. The first-order valence-electron chi connectivity index (χ1n) is 10.5. The molecule has 0 N–H and O–H groups in total. The molecule has 2 aliphatic heterocycles. The molecular weight excluding hydrogens is 399 g/mol. The summed E-state index contributed by atoms with van der Waals surface area (Å²) < 4.78 is 19.3. The summed E-state index contributed by atoms with van der Waals surface area (Å²) in [6.07, 6.45) is 1.11. The zero-order chi connectivity index (χ0) is 21.2. The van der Waals surface area contributed by atoms with Crippen LogP contribution in [-0.4, -0.2) is 53.8 Å². The first kappa shape index (κ1) is 19.5. The normalized spacial score (nSPS) is 19.3. The monoisotopic (exact) mass is 422 g/mol. The number of carbonyl (C=O) groups is 1. The van der Waals surface area contributed by atoms with Gasteiger partial charge in [-0.15, -0.1) is 0 Å². The van der Waals surface area contributed by atoms with Gasteiger partial charge in [0.2, 0.25) is 6.10 Å². The number of oxazole rings is 1. The van der Waals surface area contributed by atoms with E-state index in [1.165, 1.54) is 12.1 Å². The maximum atomic E-state index is 13.4. The van der Waals surface area contributed by atoms with Crippen LogP contribution in [0.2, 0.25) is 0 Å². The number of nitrogens with zero attached hydrogens (tertiary/aromatic N) is 4. The molecule has 3 aromatic rings. The van der Waals surface area contributed by atoms with Crippen molar-refractivity contribution in [3.63, 3.8) is 0 Å². The van der Waals surface area contributed by atoms with Gasteiger partial charge < -0.3 is 19.1 Å². The summed E-state index contributed by atoms with van der Waals surface area (Å²) in [7, 11) is 0. The molecule has 1 amide bonds. The lowest BCUT2D eigenvalue weighted by molar-refractivity contribution is -0.141. The number of halogens is 1. The van der Waals surface area contributed by atoms with Crippen molar-refractivity contribution in [2.75, 3.05) is 31.1 Å². The fourth-order valence-electron chi connectivity index (χ4n) is 4.07. The van der Waals surface area contributed by atoms with Crippen LogP contribution in [0.5, 0.6) is 0 Å². The number of para-hydroxylation sites is 2. The van der Waals surface area contributed by atoms with Crippen molar-refractivity contribution >= 4 is 28.7 Å². The highest BCUT2D eigenvalue weighted by Crippen LogP contribution is 2.23. The summed E-state index contributed by atoms with van der Waals surface area (Å²) in [5, 5.41) is 4.08. The molecule has 1 saturated heterocycles. The quantitative estimate of drug-likeness (QED) is 0.645. The van der Waals surface area contributed by atoms with E-state index >= 15 is 0 Å². The van der Waals surface area contributed by atoms with E-state index in [0.29, 0.717) is 38.5 Å². The Morgan fingerprint density at radius 2 is 2.00 bits per heavy atom. The summed E-state index contributed by atoms with van der Waals surface area (Å²) in [6, 6.07) is 14.7. The van der Waals surface area contributed by atoms with Crippen molar-refractivity contribution in [3.05, 3.63) is 59.9 Å². The number of benzene rings is 2. The number of anilines is 1. The van der Waals surface area contributed by atoms with Crippen LogP contribution in [0, 0.1) is 5.82 Å². The van der Waals surface area contributed by atoms with E-state index in [-0.39, 0.29) is 11.7 Å². The summed E-state index contributed by atoms with van der Waals surface area (Å²) in [6.45, 7) is 2.62. The van der Waals surface area contributed by atoms with E-state index in [2.05, 4.69) is 15.0 Å². The standard InChI is InChI=1S/C23H23FN4O3/c24-17-6-3-5-16(13-17)14-18-15-21(31-26-18)22(29)27-9-4-10-28(12-11-27)23-25-19-7-1-2-8-20(19)30-23/h1-3,5-8,13,21H,4,9-12,14-15H2. The third-order valence-electron chi connectivity index (χ3n) is 5.66. The van der Waals surface area contributed by atoms with Crippen LogP contribution in [0.4, 0.5) is 10.4 Å². The zero-order valence-electron chi connectivity index (χ0n) is 17.0. The third-order valence-corrected chi connectivity index (χ3v) is 5.66. The van der Waals surface area contributed by atoms with Gasteiger partial charge in [-0.2, -0.15) is 4.98 Å². The van der Waals surface area contributed by atoms with Gasteiger partial charge in [0, 0.05) is 39.0 Å². The van der Waals surface area contributed by atoms with Gasteiger partial charge in [0.25, 0.3) is 11.9 Å². The van der Waals surface area contributed by atoms with Crippen LogP contribution in [0.25, 0.3) is 11.1 Å². The molecule has 1 unspecified atom stereocenters. The fraction of sp³-hybridized carbons (Fsp3) is 0.348. The van der Waals surface area contributed by atoms with E-state index in [4.69, 9.17) is 9.25 Å². The van der Waals surface area contributed by atoms with Gasteiger partial charge in [0.15, 0.2) is 5.58 Å². The smallest absolute Gasteiger partial charge is 0.298 e. The number of carbonyl (C=O) groups excluding carboxylic acids is 1. The number of oxime groups is 1. The Morgan fingerprint density at radius 1 is 1.10 bits per heavy atom. The highest BCUT2D eigenvalue weighted by atomic mass is 19.1. The van der Waals surface area contributed by atoms with Crippen LogP contribution < -0.4 is 4.90 Å². The number of hydrogen-bond acceptors (Lipinski definition) is 6. The first-order chi connectivity index (χ1) is 15.2. The topological polar surface area (TPSA) is 71.2 Å². The van der Waals surface area contributed by atoms with Crippen LogP contribution in [0.3, 0.4) is 0 Å². The summed E-state index contributed by atoms with van der Waals surface area (Å²) in [4.78, 5) is 26.9. The van der Waals surface area contributed by atoms with Crippen molar-refractivity contribution in [3.8, 4) is 0 Å². The van der Waals surface area contributed by atoms with Gasteiger partial charge in [0.1, 0.15) is 11.3 Å². The summed E-state index contributed by atoms with van der Waals surface area (Å²) in [5.74, 6) is -0.338. The van der Waals surface area contributed by atoms with Crippen molar-refractivity contribution < 1.29 is 18.4 Å². The average molecular weight is 422 g/mol. The van der Waals surface area contributed by atoms with Crippen molar-refractivity contribution in [1.29, 1.82) is 0 Å². The summed E-state index contributed by atoms with van der Waals surface area (Å²) in [5.41, 5.74) is 3.17. The second-order valence-corrected chi connectivity index (χ2v) is 7.89. The molecule has 31 heavy (non-hydrogen) atoms. The third kappa shape index (κ3) is 4.23. The van der Waals surface area contributed by atoms with Crippen LogP contribution in [-0.2, 0) is 16.1 Å².